The predicted molar refractivity (Wildman–Crippen MR) is 59.2 cm³/mol. The van der Waals surface area contributed by atoms with Gasteiger partial charge in [0.05, 0.1) is 0 Å². The molecule has 1 N–H and O–H groups in total. The lowest BCUT2D eigenvalue weighted by Gasteiger charge is -2.18. The Labute approximate surface area is 90.6 Å². The maximum absolute atomic E-state index is 11.2. The summed E-state index contributed by atoms with van der Waals surface area (Å²) < 4.78 is 14.2. The Hall–Kier alpha value is -0.640. The fourth-order valence-electron chi connectivity index (χ4n) is 1.41. The van der Waals surface area contributed by atoms with Crippen molar-refractivity contribution in [2.24, 2.45) is 0 Å². The lowest BCUT2D eigenvalue weighted by molar-refractivity contribution is 0.630. The van der Waals surface area contributed by atoms with Gasteiger partial charge < -0.3 is 0 Å². The quantitative estimate of drug-likeness (QED) is 0.785. The van der Waals surface area contributed by atoms with E-state index in [4.69, 9.17) is 11.6 Å². The van der Waals surface area contributed by atoms with Gasteiger partial charge in [0, 0.05) is 16.5 Å². The highest BCUT2D eigenvalue weighted by molar-refractivity contribution is 7.86. The Morgan fingerprint density at radius 3 is 2.71 bits per heavy atom. The first-order chi connectivity index (χ1) is 6.75. The van der Waals surface area contributed by atoms with Gasteiger partial charge in [-0.25, -0.2) is 8.93 Å². The van der Waals surface area contributed by atoms with Gasteiger partial charge in [-0.15, -0.1) is 0 Å². The topological polar surface area (TPSA) is 29.1 Å². The van der Waals surface area contributed by atoms with E-state index >= 15 is 0 Å². The van der Waals surface area contributed by atoms with Gasteiger partial charge in [0.25, 0.3) is 0 Å². The molecule has 1 aliphatic heterocycles. The van der Waals surface area contributed by atoms with Crippen LogP contribution < -0.4 is 4.72 Å². The molecule has 2 rings (SSSR count). The number of rotatable bonds is 1. The van der Waals surface area contributed by atoms with Gasteiger partial charge in [-0.05, 0) is 24.1 Å². The smallest absolute Gasteiger partial charge is 0.117 e. The first kappa shape index (κ1) is 9.90. The molecule has 2 nitrogen and oxygen atoms in total. The van der Waals surface area contributed by atoms with Crippen LogP contribution in [-0.2, 0) is 11.0 Å². The van der Waals surface area contributed by atoms with Crippen LogP contribution in [0.4, 0.5) is 0 Å². The SMILES string of the molecule is O=S1C=CCC(c2ccc(Cl)cc2)N1. The van der Waals surface area contributed by atoms with Crippen molar-refractivity contribution in [3.63, 3.8) is 0 Å². The molecule has 0 spiro atoms. The van der Waals surface area contributed by atoms with E-state index in [-0.39, 0.29) is 6.04 Å². The van der Waals surface area contributed by atoms with Crippen molar-refractivity contribution < 1.29 is 4.21 Å². The van der Waals surface area contributed by atoms with Crippen LogP contribution in [-0.4, -0.2) is 4.21 Å². The lowest BCUT2D eigenvalue weighted by Crippen LogP contribution is -2.24. The van der Waals surface area contributed by atoms with E-state index in [1.54, 1.807) is 5.41 Å². The van der Waals surface area contributed by atoms with Crippen molar-refractivity contribution in [3.8, 4) is 0 Å². The normalized spacial score (nSPS) is 26.4. The second kappa shape index (κ2) is 4.26. The Balaban J connectivity index is 2.19. The predicted octanol–water partition coefficient (Wildman–Crippen LogP) is 2.55. The third-order valence-electron chi connectivity index (χ3n) is 2.12. The summed E-state index contributed by atoms with van der Waals surface area (Å²) in [5.74, 6) is 0. The van der Waals surface area contributed by atoms with E-state index in [0.717, 1.165) is 17.0 Å². The Kier molecular flexibility index (Phi) is 3.01. The summed E-state index contributed by atoms with van der Waals surface area (Å²) >= 11 is 5.78. The molecule has 1 aromatic carbocycles. The minimum Gasteiger partial charge on any atom is -0.238 e. The zero-order valence-electron chi connectivity index (χ0n) is 7.44. The third-order valence-corrected chi connectivity index (χ3v) is 3.33. The molecule has 4 heteroatoms. The van der Waals surface area contributed by atoms with E-state index in [1.165, 1.54) is 0 Å². The van der Waals surface area contributed by atoms with Gasteiger partial charge in [-0.3, -0.25) is 0 Å². The second-order valence-electron chi connectivity index (χ2n) is 3.13. The van der Waals surface area contributed by atoms with Crippen LogP contribution in [0.1, 0.15) is 18.0 Å². The van der Waals surface area contributed by atoms with E-state index < -0.39 is 11.0 Å². The average Bonchev–Trinajstić information content (AvgIpc) is 2.19. The van der Waals surface area contributed by atoms with E-state index in [9.17, 15) is 4.21 Å². The van der Waals surface area contributed by atoms with Gasteiger partial charge in [-0.1, -0.05) is 29.8 Å². The molecule has 0 amide bonds. The lowest BCUT2D eigenvalue weighted by atomic mass is 10.1. The molecular formula is C10H10ClNOS. The van der Waals surface area contributed by atoms with Crippen LogP contribution in [0.2, 0.25) is 5.02 Å². The van der Waals surface area contributed by atoms with Crippen LogP contribution in [0.3, 0.4) is 0 Å². The molecule has 0 radical (unpaired) electrons. The minimum absolute atomic E-state index is 0.137. The van der Waals surface area contributed by atoms with Gasteiger partial charge >= 0.3 is 0 Å². The Morgan fingerprint density at radius 2 is 2.07 bits per heavy atom. The summed E-state index contributed by atoms with van der Waals surface area (Å²) in [6, 6.07) is 7.74. The van der Waals surface area contributed by atoms with Gasteiger partial charge in [0.15, 0.2) is 0 Å². The summed E-state index contributed by atoms with van der Waals surface area (Å²) in [5.41, 5.74) is 1.12. The molecule has 1 aliphatic rings. The summed E-state index contributed by atoms with van der Waals surface area (Å²) in [4.78, 5) is 0. The first-order valence-corrected chi connectivity index (χ1v) is 5.93. The number of halogens is 1. The molecule has 1 heterocycles. The van der Waals surface area contributed by atoms with Crippen LogP contribution in [0.5, 0.6) is 0 Å². The molecule has 2 atom stereocenters. The molecular weight excluding hydrogens is 218 g/mol. The van der Waals surface area contributed by atoms with Gasteiger partial charge in [0.2, 0.25) is 0 Å². The standard InChI is InChI=1S/C10H10ClNOS/c11-9-5-3-8(4-6-9)10-2-1-7-14(13)12-10/h1,3-7,10,12H,2H2. The largest absolute Gasteiger partial charge is 0.238 e. The first-order valence-electron chi connectivity index (χ1n) is 4.34. The molecule has 74 valence electrons. The zero-order valence-corrected chi connectivity index (χ0v) is 9.02. The van der Waals surface area contributed by atoms with Crippen LogP contribution in [0.25, 0.3) is 0 Å². The molecule has 0 saturated carbocycles. The van der Waals surface area contributed by atoms with Crippen molar-refractivity contribution in [2.45, 2.75) is 12.5 Å². The summed E-state index contributed by atoms with van der Waals surface area (Å²) in [5, 5.41) is 2.40. The van der Waals surface area contributed by atoms with Gasteiger partial charge in [0.1, 0.15) is 11.0 Å². The molecule has 0 bridgehead atoms. The van der Waals surface area contributed by atoms with Crippen molar-refractivity contribution >= 4 is 22.6 Å². The monoisotopic (exact) mass is 227 g/mol. The number of hydrogen-bond donors (Lipinski definition) is 1. The molecule has 0 aliphatic carbocycles. The fourth-order valence-corrected chi connectivity index (χ4v) is 2.41. The molecule has 0 aromatic heterocycles. The number of hydrogen-bond acceptors (Lipinski definition) is 1. The maximum atomic E-state index is 11.2. The third kappa shape index (κ3) is 2.23. The highest BCUT2D eigenvalue weighted by atomic mass is 35.5. The molecule has 1 aromatic rings. The van der Waals surface area contributed by atoms with Crippen LogP contribution in [0.15, 0.2) is 35.7 Å². The van der Waals surface area contributed by atoms with E-state index in [1.807, 2.05) is 30.3 Å². The summed E-state index contributed by atoms with van der Waals surface area (Å²) in [6.07, 6.45) is 2.80. The second-order valence-corrected chi connectivity index (χ2v) is 4.67. The zero-order chi connectivity index (χ0) is 9.97. The average molecular weight is 228 g/mol. The van der Waals surface area contributed by atoms with Gasteiger partial charge in [-0.2, -0.15) is 0 Å². The molecule has 0 fully saturated rings. The van der Waals surface area contributed by atoms with Crippen molar-refractivity contribution in [3.05, 3.63) is 46.3 Å². The molecule has 14 heavy (non-hydrogen) atoms. The number of nitrogens with one attached hydrogen (secondary N) is 1. The van der Waals surface area contributed by atoms with E-state index in [2.05, 4.69) is 4.72 Å². The van der Waals surface area contributed by atoms with Crippen molar-refractivity contribution in [1.29, 1.82) is 0 Å². The van der Waals surface area contributed by atoms with Crippen LogP contribution >= 0.6 is 11.6 Å². The molecule has 0 saturated heterocycles. The Bertz CT molecular complexity index is 374. The van der Waals surface area contributed by atoms with Crippen molar-refractivity contribution in [2.75, 3.05) is 0 Å². The highest BCUT2D eigenvalue weighted by Crippen LogP contribution is 2.22. The highest BCUT2D eigenvalue weighted by Gasteiger charge is 2.14. The summed E-state index contributed by atoms with van der Waals surface area (Å²) in [6.45, 7) is 0. The van der Waals surface area contributed by atoms with Crippen LogP contribution in [0, 0.1) is 0 Å². The maximum Gasteiger partial charge on any atom is 0.117 e. The summed E-state index contributed by atoms with van der Waals surface area (Å²) in [7, 11) is -1.04. The molecule has 2 unspecified atom stereocenters. The fraction of sp³-hybridized carbons (Fsp3) is 0.200. The van der Waals surface area contributed by atoms with Crippen molar-refractivity contribution in [1.82, 2.24) is 4.72 Å². The minimum atomic E-state index is -1.04. The van der Waals surface area contributed by atoms with E-state index in [0.29, 0.717) is 0 Å². The Morgan fingerprint density at radius 1 is 1.36 bits per heavy atom. The number of benzene rings is 1.